The van der Waals surface area contributed by atoms with Crippen LogP contribution in [0.4, 0.5) is 0 Å². The van der Waals surface area contributed by atoms with Crippen molar-refractivity contribution in [1.82, 2.24) is 9.88 Å². The molecule has 0 saturated carbocycles. The van der Waals surface area contributed by atoms with E-state index in [-0.39, 0.29) is 11.8 Å². The molecule has 0 unspecified atom stereocenters. The number of hydrogen-bond acceptors (Lipinski definition) is 2. The quantitative estimate of drug-likeness (QED) is 0.674. The van der Waals surface area contributed by atoms with Gasteiger partial charge in [-0.2, -0.15) is 0 Å². The van der Waals surface area contributed by atoms with E-state index in [4.69, 9.17) is 0 Å². The molecule has 1 heterocycles. The lowest BCUT2D eigenvalue weighted by Gasteiger charge is -2.19. The number of carbonyl (C=O) groups is 2. The molecule has 1 N–H and O–H groups in total. The molecule has 0 aliphatic carbocycles. The van der Waals surface area contributed by atoms with Gasteiger partial charge in [0.25, 0.3) is 0 Å². The van der Waals surface area contributed by atoms with Crippen LogP contribution in [0.2, 0.25) is 0 Å². The summed E-state index contributed by atoms with van der Waals surface area (Å²) < 4.78 is 0. The number of hydrogen-bond donors (Lipinski definition) is 1. The third kappa shape index (κ3) is 4.45. The van der Waals surface area contributed by atoms with Crippen LogP contribution in [0.25, 0.3) is 10.9 Å². The minimum absolute atomic E-state index is 0.0885. The smallest absolute Gasteiger partial charge is 0.229 e. The monoisotopic (exact) mass is 362 g/mol. The van der Waals surface area contributed by atoms with Crippen LogP contribution in [0.15, 0.2) is 54.6 Å². The maximum atomic E-state index is 12.3. The molecule has 0 radical (unpaired) electrons. The minimum atomic E-state index is -0.182. The van der Waals surface area contributed by atoms with Crippen LogP contribution in [0.5, 0.6) is 0 Å². The second-order valence-electron chi connectivity index (χ2n) is 6.85. The molecular weight excluding hydrogens is 336 g/mol. The molecule has 0 fully saturated rings. The van der Waals surface area contributed by atoms with Crippen molar-refractivity contribution >= 4 is 22.7 Å². The van der Waals surface area contributed by atoms with Crippen molar-refractivity contribution in [3.05, 3.63) is 71.4 Å². The Kier molecular flexibility index (Phi) is 6.07. The number of benzene rings is 2. The number of rotatable bonds is 7. The first-order valence-electron chi connectivity index (χ1n) is 9.53. The van der Waals surface area contributed by atoms with Crippen LogP contribution in [0.3, 0.4) is 0 Å². The minimum Gasteiger partial charge on any atom is -0.358 e. The van der Waals surface area contributed by atoms with Crippen molar-refractivity contribution < 1.29 is 9.59 Å². The summed E-state index contributed by atoms with van der Waals surface area (Å²) in [6, 6.07) is 18.5. The predicted octanol–water partition coefficient (Wildman–Crippen LogP) is 4.48. The van der Waals surface area contributed by atoms with E-state index in [0.29, 0.717) is 19.4 Å². The average molecular weight is 362 g/mol. The molecule has 2 amide bonds. The number of imide groups is 1. The fourth-order valence-corrected chi connectivity index (χ4v) is 3.52. The van der Waals surface area contributed by atoms with Crippen LogP contribution < -0.4 is 0 Å². The Morgan fingerprint density at radius 3 is 2.41 bits per heavy atom. The molecule has 0 atom stereocenters. The van der Waals surface area contributed by atoms with Crippen LogP contribution >= 0.6 is 0 Å². The molecule has 0 saturated heterocycles. The summed E-state index contributed by atoms with van der Waals surface area (Å²) in [5, 5.41) is 1.16. The molecule has 4 heteroatoms. The number of nitrogens with zero attached hydrogens (tertiary/aromatic N) is 1. The Bertz CT molecular complexity index is 928. The van der Waals surface area contributed by atoms with Gasteiger partial charge in [-0.05, 0) is 30.0 Å². The Hall–Kier alpha value is -2.88. The maximum Gasteiger partial charge on any atom is 0.229 e. The number of nitrogens with one attached hydrogen (secondary N) is 1. The number of aromatic nitrogens is 1. The molecule has 4 nitrogen and oxygen atoms in total. The van der Waals surface area contributed by atoms with Crippen LogP contribution in [-0.2, 0) is 22.4 Å². The third-order valence-corrected chi connectivity index (χ3v) is 4.86. The van der Waals surface area contributed by atoms with Gasteiger partial charge in [-0.3, -0.25) is 14.5 Å². The first kappa shape index (κ1) is 18.9. The number of H-pyrrole nitrogens is 1. The van der Waals surface area contributed by atoms with Gasteiger partial charge in [0.05, 0.1) is 0 Å². The van der Waals surface area contributed by atoms with Crippen molar-refractivity contribution in [3.63, 3.8) is 0 Å². The number of amides is 2. The predicted molar refractivity (Wildman–Crippen MR) is 109 cm³/mol. The van der Waals surface area contributed by atoms with Gasteiger partial charge in [-0.1, -0.05) is 55.5 Å². The van der Waals surface area contributed by atoms with Crippen molar-refractivity contribution in [2.24, 2.45) is 0 Å². The van der Waals surface area contributed by atoms with Gasteiger partial charge in [-0.25, -0.2) is 0 Å². The van der Waals surface area contributed by atoms with E-state index >= 15 is 0 Å². The van der Waals surface area contributed by atoms with Gasteiger partial charge >= 0.3 is 0 Å². The maximum absolute atomic E-state index is 12.3. The van der Waals surface area contributed by atoms with Gasteiger partial charge in [0.2, 0.25) is 11.8 Å². The van der Waals surface area contributed by atoms with Gasteiger partial charge in [0.1, 0.15) is 0 Å². The fraction of sp³-hybridized carbons (Fsp3) is 0.304. The van der Waals surface area contributed by atoms with Crippen molar-refractivity contribution in [2.45, 2.75) is 39.5 Å². The lowest BCUT2D eigenvalue weighted by atomic mass is 10.0. The number of aromatic amines is 1. The molecule has 3 aromatic rings. The number of para-hydroxylation sites is 1. The molecule has 1 aromatic heterocycles. The molecule has 0 aliphatic heterocycles. The first-order chi connectivity index (χ1) is 13.1. The molecule has 0 aliphatic rings. The first-order valence-corrected chi connectivity index (χ1v) is 9.53. The van der Waals surface area contributed by atoms with Crippen LogP contribution in [0, 0.1) is 0 Å². The largest absolute Gasteiger partial charge is 0.358 e. The van der Waals surface area contributed by atoms with E-state index in [9.17, 15) is 9.59 Å². The molecule has 27 heavy (non-hydrogen) atoms. The summed E-state index contributed by atoms with van der Waals surface area (Å²) in [5.74, 6) is -0.271. The van der Waals surface area contributed by atoms with E-state index in [1.54, 1.807) is 0 Å². The zero-order chi connectivity index (χ0) is 19.2. The molecule has 0 bridgehead atoms. The number of fused-ring (bicyclic) bond motifs is 1. The standard InChI is InChI=1S/C23H26N2O2/c1-3-9-23(27)25(17(2)26)15-14-20-19-12-7-8-13-21(19)24-22(20)16-18-10-5-4-6-11-18/h4-8,10-13,24H,3,9,14-16H2,1-2H3. The van der Waals surface area contributed by atoms with E-state index in [2.05, 4.69) is 29.2 Å². The molecule has 0 spiro atoms. The Morgan fingerprint density at radius 2 is 1.70 bits per heavy atom. The zero-order valence-corrected chi connectivity index (χ0v) is 16.0. The van der Waals surface area contributed by atoms with Crippen LogP contribution in [0.1, 0.15) is 43.5 Å². The van der Waals surface area contributed by atoms with Gasteiger partial charge in [0, 0.05) is 42.9 Å². The second kappa shape index (κ2) is 8.67. The molecular formula is C23H26N2O2. The highest BCUT2D eigenvalue weighted by Gasteiger charge is 2.19. The highest BCUT2D eigenvalue weighted by Crippen LogP contribution is 2.25. The topological polar surface area (TPSA) is 53.2 Å². The second-order valence-corrected chi connectivity index (χ2v) is 6.85. The van der Waals surface area contributed by atoms with Crippen molar-refractivity contribution in [1.29, 1.82) is 0 Å². The van der Waals surface area contributed by atoms with E-state index < -0.39 is 0 Å². The summed E-state index contributed by atoms with van der Waals surface area (Å²) >= 11 is 0. The lowest BCUT2D eigenvalue weighted by molar-refractivity contribution is -0.143. The van der Waals surface area contributed by atoms with Gasteiger partial charge < -0.3 is 4.98 Å². The Labute approximate surface area is 160 Å². The molecule has 3 rings (SSSR count). The molecule has 140 valence electrons. The van der Waals surface area contributed by atoms with E-state index in [1.807, 2.05) is 37.3 Å². The zero-order valence-electron chi connectivity index (χ0n) is 16.0. The van der Waals surface area contributed by atoms with Crippen LogP contribution in [-0.4, -0.2) is 28.2 Å². The summed E-state index contributed by atoms with van der Waals surface area (Å²) in [6.45, 7) is 3.83. The summed E-state index contributed by atoms with van der Waals surface area (Å²) in [7, 11) is 0. The van der Waals surface area contributed by atoms with E-state index in [0.717, 1.165) is 29.4 Å². The summed E-state index contributed by atoms with van der Waals surface area (Å²) in [5.41, 5.74) is 4.65. The average Bonchev–Trinajstić information content (AvgIpc) is 3.00. The SMILES string of the molecule is CCCC(=O)N(CCc1c(Cc2ccccc2)[nH]c2ccccc12)C(C)=O. The van der Waals surface area contributed by atoms with Gasteiger partial charge in [0.15, 0.2) is 0 Å². The van der Waals surface area contributed by atoms with Gasteiger partial charge in [-0.15, -0.1) is 0 Å². The Balaban J connectivity index is 1.89. The third-order valence-electron chi connectivity index (χ3n) is 4.86. The Morgan fingerprint density at radius 1 is 1.00 bits per heavy atom. The van der Waals surface area contributed by atoms with Crippen molar-refractivity contribution in [3.8, 4) is 0 Å². The normalized spacial score (nSPS) is 10.9. The van der Waals surface area contributed by atoms with E-state index in [1.165, 1.54) is 23.0 Å². The van der Waals surface area contributed by atoms with Crippen molar-refractivity contribution in [2.75, 3.05) is 6.54 Å². The lowest BCUT2D eigenvalue weighted by Crippen LogP contribution is -2.36. The number of carbonyl (C=O) groups excluding carboxylic acids is 2. The summed E-state index contributed by atoms with van der Waals surface area (Å²) in [4.78, 5) is 29.2. The highest BCUT2D eigenvalue weighted by molar-refractivity contribution is 5.94. The fourth-order valence-electron chi connectivity index (χ4n) is 3.52. The highest BCUT2D eigenvalue weighted by atomic mass is 16.2. The summed E-state index contributed by atoms with van der Waals surface area (Å²) in [6.07, 6.45) is 2.61. The molecule has 2 aromatic carbocycles.